The quantitative estimate of drug-likeness (QED) is 0.611. The molecule has 1 aliphatic rings. The van der Waals surface area contributed by atoms with Gasteiger partial charge < -0.3 is 20.3 Å². The van der Waals surface area contributed by atoms with Gasteiger partial charge in [0.1, 0.15) is 17.2 Å². The predicted molar refractivity (Wildman–Crippen MR) is 105 cm³/mol. The fourth-order valence-electron chi connectivity index (χ4n) is 2.80. The Morgan fingerprint density at radius 1 is 1.26 bits per heavy atom. The van der Waals surface area contributed by atoms with Crippen LogP contribution in [0.5, 0.6) is 5.75 Å². The number of aromatic nitrogens is 1. The van der Waals surface area contributed by atoms with Crippen molar-refractivity contribution in [2.75, 3.05) is 38.1 Å². The summed E-state index contributed by atoms with van der Waals surface area (Å²) in [5.74, 6) is 0.881. The van der Waals surface area contributed by atoms with Crippen molar-refractivity contribution in [2.45, 2.75) is 19.3 Å². The van der Waals surface area contributed by atoms with Crippen LogP contribution in [0, 0.1) is 0 Å². The van der Waals surface area contributed by atoms with Crippen LogP contribution in [0.25, 0.3) is 0 Å². The highest BCUT2D eigenvalue weighted by molar-refractivity contribution is 7.17. The third-order valence-corrected chi connectivity index (χ3v) is 5.14. The van der Waals surface area contributed by atoms with Crippen LogP contribution in [-0.4, -0.2) is 54.5 Å². The molecule has 27 heavy (non-hydrogen) atoms. The maximum atomic E-state index is 12.1. The van der Waals surface area contributed by atoms with E-state index in [4.69, 9.17) is 4.74 Å². The number of benzene rings is 1. The Bertz CT molecular complexity index is 750. The number of hydrogen-bond acceptors (Lipinski definition) is 6. The molecule has 8 heteroatoms. The lowest BCUT2D eigenvalue weighted by atomic mass is 10.3. The zero-order valence-electron chi connectivity index (χ0n) is 15.1. The number of nitrogens with zero attached hydrogens (tertiary/aromatic N) is 2. The SMILES string of the molecule is O=C(NCCOc1ccccc1)c1cnc(NCCCN2CCCC2=O)s1. The molecule has 0 radical (unpaired) electrons. The van der Waals surface area contributed by atoms with Crippen molar-refractivity contribution in [3.63, 3.8) is 0 Å². The average molecular weight is 388 g/mol. The number of rotatable bonds is 10. The van der Waals surface area contributed by atoms with E-state index in [0.717, 1.165) is 38.2 Å². The van der Waals surface area contributed by atoms with Crippen LogP contribution in [0.15, 0.2) is 36.5 Å². The molecule has 1 saturated heterocycles. The van der Waals surface area contributed by atoms with E-state index in [0.29, 0.717) is 29.6 Å². The lowest BCUT2D eigenvalue weighted by Gasteiger charge is -2.14. The topological polar surface area (TPSA) is 83.6 Å². The first-order chi connectivity index (χ1) is 13.2. The summed E-state index contributed by atoms with van der Waals surface area (Å²) in [5.41, 5.74) is 0. The highest BCUT2D eigenvalue weighted by Gasteiger charge is 2.19. The van der Waals surface area contributed by atoms with Crippen molar-refractivity contribution in [1.29, 1.82) is 0 Å². The summed E-state index contributed by atoms with van der Waals surface area (Å²) in [5, 5.41) is 6.75. The minimum atomic E-state index is -0.153. The van der Waals surface area contributed by atoms with Gasteiger partial charge in [0.15, 0.2) is 5.13 Å². The molecule has 0 atom stereocenters. The molecule has 1 fully saturated rings. The minimum absolute atomic E-state index is 0.153. The average Bonchev–Trinajstić information content (AvgIpc) is 3.32. The number of hydrogen-bond donors (Lipinski definition) is 2. The van der Waals surface area contributed by atoms with E-state index >= 15 is 0 Å². The molecule has 0 saturated carbocycles. The molecule has 1 aliphatic heterocycles. The number of nitrogens with one attached hydrogen (secondary N) is 2. The third kappa shape index (κ3) is 5.96. The first-order valence-electron chi connectivity index (χ1n) is 9.16. The van der Waals surface area contributed by atoms with Crippen LogP contribution in [0.2, 0.25) is 0 Å². The van der Waals surface area contributed by atoms with Gasteiger partial charge in [-0.25, -0.2) is 4.98 Å². The van der Waals surface area contributed by atoms with Crippen LogP contribution >= 0.6 is 11.3 Å². The zero-order chi connectivity index (χ0) is 18.9. The number of thiazole rings is 1. The van der Waals surface area contributed by atoms with Gasteiger partial charge in [-0.15, -0.1) is 0 Å². The van der Waals surface area contributed by atoms with Crippen molar-refractivity contribution in [3.05, 3.63) is 41.4 Å². The van der Waals surface area contributed by atoms with Crippen LogP contribution in [-0.2, 0) is 4.79 Å². The molecule has 0 unspecified atom stereocenters. The van der Waals surface area contributed by atoms with Crippen molar-refractivity contribution in [1.82, 2.24) is 15.2 Å². The number of likely N-dealkylation sites (tertiary alicyclic amines) is 1. The van der Waals surface area contributed by atoms with Crippen molar-refractivity contribution in [3.8, 4) is 5.75 Å². The Morgan fingerprint density at radius 3 is 2.89 bits per heavy atom. The molecule has 0 bridgehead atoms. The largest absolute Gasteiger partial charge is 0.492 e. The van der Waals surface area contributed by atoms with Crippen LogP contribution in [0.4, 0.5) is 5.13 Å². The molecule has 2 N–H and O–H groups in total. The van der Waals surface area contributed by atoms with Gasteiger partial charge in [0, 0.05) is 26.1 Å². The Hall–Kier alpha value is -2.61. The van der Waals surface area contributed by atoms with Crippen LogP contribution in [0.3, 0.4) is 0 Å². The van der Waals surface area contributed by atoms with Gasteiger partial charge in [-0.1, -0.05) is 29.5 Å². The summed E-state index contributed by atoms with van der Waals surface area (Å²) < 4.78 is 5.55. The second-order valence-corrected chi connectivity index (χ2v) is 7.24. The Labute approximate surface area is 162 Å². The molecule has 7 nitrogen and oxygen atoms in total. The second-order valence-electron chi connectivity index (χ2n) is 6.21. The van der Waals surface area contributed by atoms with E-state index < -0.39 is 0 Å². The molecular weight excluding hydrogens is 364 g/mol. The molecule has 0 spiro atoms. The summed E-state index contributed by atoms with van der Waals surface area (Å²) >= 11 is 1.32. The van der Waals surface area contributed by atoms with Gasteiger partial charge in [0.05, 0.1) is 12.7 Å². The van der Waals surface area contributed by atoms with Gasteiger partial charge in [-0.3, -0.25) is 9.59 Å². The number of para-hydroxylation sites is 1. The van der Waals surface area contributed by atoms with Gasteiger partial charge in [0.25, 0.3) is 5.91 Å². The van der Waals surface area contributed by atoms with Crippen LogP contribution in [0.1, 0.15) is 28.9 Å². The van der Waals surface area contributed by atoms with Crippen LogP contribution < -0.4 is 15.4 Å². The molecular formula is C19H24N4O3S. The normalized spacial score (nSPS) is 13.6. The Balaban J connectivity index is 1.31. The summed E-state index contributed by atoms with van der Waals surface area (Å²) in [4.78, 5) is 30.4. The van der Waals surface area contributed by atoms with Gasteiger partial charge in [-0.05, 0) is 25.0 Å². The Kier molecular flexibility index (Phi) is 7.04. The number of anilines is 1. The number of ether oxygens (including phenoxy) is 1. The van der Waals surface area contributed by atoms with E-state index in [9.17, 15) is 9.59 Å². The van der Waals surface area contributed by atoms with E-state index in [-0.39, 0.29) is 11.8 Å². The van der Waals surface area contributed by atoms with Gasteiger partial charge >= 0.3 is 0 Å². The summed E-state index contributed by atoms with van der Waals surface area (Å²) in [6.45, 7) is 3.21. The highest BCUT2D eigenvalue weighted by Crippen LogP contribution is 2.18. The van der Waals surface area contributed by atoms with Crippen molar-refractivity contribution >= 4 is 28.3 Å². The molecule has 1 aromatic heterocycles. The number of amides is 2. The maximum Gasteiger partial charge on any atom is 0.263 e. The fraction of sp³-hybridized carbons (Fsp3) is 0.421. The zero-order valence-corrected chi connectivity index (χ0v) is 16.0. The molecule has 144 valence electrons. The van der Waals surface area contributed by atoms with Gasteiger partial charge in [0.2, 0.25) is 5.91 Å². The van der Waals surface area contributed by atoms with Crippen molar-refractivity contribution < 1.29 is 14.3 Å². The fourth-order valence-corrected chi connectivity index (χ4v) is 3.56. The summed E-state index contributed by atoms with van der Waals surface area (Å²) in [6.07, 6.45) is 4.08. The smallest absolute Gasteiger partial charge is 0.263 e. The lowest BCUT2D eigenvalue weighted by molar-refractivity contribution is -0.127. The molecule has 0 aliphatic carbocycles. The van der Waals surface area contributed by atoms with E-state index in [1.54, 1.807) is 6.20 Å². The standard InChI is InChI=1S/C19H24N4O3S/c24-17-8-4-11-23(17)12-5-9-21-19-22-14-16(27-19)18(25)20-10-13-26-15-6-2-1-3-7-15/h1-3,6-7,14H,4-5,8-13H2,(H,20,25)(H,21,22). The number of carbonyl (C=O) groups excluding carboxylic acids is 2. The second kappa shape index (κ2) is 9.91. The van der Waals surface area contributed by atoms with Crippen molar-refractivity contribution in [2.24, 2.45) is 0 Å². The summed E-state index contributed by atoms with van der Waals surface area (Å²) in [6, 6.07) is 9.49. The van der Waals surface area contributed by atoms with Gasteiger partial charge in [-0.2, -0.15) is 0 Å². The maximum absolute atomic E-state index is 12.1. The predicted octanol–water partition coefficient (Wildman–Crippen LogP) is 2.38. The lowest BCUT2D eigenvalue weighted by Crippen LogP contribution is -2.27. The molecule has 2 heterocycles. The molecule has 3 rings (SSSR count). The Morgan fingerprint density at radius 2 is 2.11 bits per heavy atom. The first kappa shape index (κ1) is 19.2. The molecule has 2 amide bonds. The van der Waals surface area contributed by atoms with E-state index in [1.807, 2.05) is 35.2 Å². The minimum Gasteiger partial charge on any atom is -0.492 e. The highest BCUT2D eigenvalue weighted by atomic mass is 32.1. The first-order valence-corrected chi connectivity index (χ1v) is 9.97. The monoisotopic (exact) mass is 388 g/mol. The van der Waals surface area contributed by atoms with E-state index in [2.05, 4.69) is 15.6 Å². The summed E-state index contributed by atoms with van der Waals surface area (Å²) in [7, 11) is 0. The van der Waals surface area contributed by atoms with E-state index in [1.165, 1.54) is 11.3 Å². The number of carbonyl (C=O) groups is 2. The molecule has 1 aromatic carbocycles. The molecule has 2 aromatic rings. The third-order valence-electron chi connectivity index (χ3n) is 4.18.